The van der Waals surface area contributed by atoms with Crippen LogP contribution in [0.5, 0.6) is 0 Å². The van der Waals surface area contributed by atoms with Crippen molar-refractivity contribution in [3.8, 4) is 44.8 Å². The van der Waals surface area contributed by atoms with E-state index in [1.807, 2.05) is 0 Å². The SMILES string of the molecule is c1ccc(-c2cccc([Si](c3ccccc3)(c3cccc(-c4ccccc4)c3)c3cccc(-n4c5ccccc5c5cc(-n6c7ccccc7c7c(-c8ccccc8)cccc76)ccc54)c3)c2)cc1. The summed E-state index contributed by atoms with van der Waals surface area (Å²) in [6.45, 7) is 0. The van der Waals surface area contributed by atoms with Crippen LogP contribution in [0.1, 0.15) is 0 Å². The van der Waals surface area contributed by atoms with Gasteiger partial charge in [0, 0.05) is 32.9 Å². The molecular weight excluding hydrogens is 849 g/mol. The molecule has 0 fully saturated rings. The van der Waals surface area contributed by atoms with Gasteiger partial charge < -0.3 is 9.13 Å². The van der Waals surface area contributed by atoms with Crippen LogP contribution in [-0.4, -0.2) is 17.2 Å². The van der Waals surface area contributed by atoms with Gasteiger partial charge in [-0.1, -0.05) is 231 Å². The summed E-state index contributed by atoms with van der Waals surface area (Å²) in [4.78, 5) is 0. The van der Waals surface area contributed by atoms with Crippen LogP contribution in [0.15, 0.2) is 279 Å². The third kappa shape index (κ3) is 6.70. The van der Waals surface area contributed by atoms with E-state index in [-0.39, 0.29) is 0 Å². The molecule has 0 saturated heterocycles. The van der Waals surface area contributed by atoms with E-state index in [4.69, 9.17) is 0 Å². The van der Waals surface area contributed by atoms with Gasteiger partial charge in [-0.05, 0) is 103 Å². The number of nitrogens with zero attached hydrogens (tertiary/aromatic N) is 2. The van der Waals surface area contributed by atoms with E-state index in [0.29, 0.717) is 0 Å². The van der Waals surface area contributed by atoms with Crippen LogP contribution in [0.25, 0.3) is 88.4 Å². The quantitative estimate of drug-likeness (QED) is 0.101. The average molecular weight is 895 g/mol. The Kier molecular flexibility index (Phi) is 9.88. The maximum atomic E-state index is 2.50. The monoisotopic (exact) mass is 894 g/mol. The molecule has 0 saturated carbocycles. The Morgan fingerprint density at radius 1 is 0.232 bits per heavy atom. The van der Waals surface area contributed by atoms with E-state index in [0.717, 1.165) is 11.4 Å². The Morgan fingerprint density at radius 2 is 0.652 bits per heavy atom. The molecular formula is C66H46N2Si. The Balaban J connectivity index is 1.05. The van der Waals surface area contributed by atoms with Crippen molar-refractivity contribution in [2.45, 2.75) is 0 Å². The second-order valence-corrected chi connectivity index (χ2v) is 21.8. The molecule has 324 valence electrons. The Bertz CT molecular complexity index is 3920. The van der Waals surface area contributed by atoms with Gasteiger partial charge in [-0.2, -0.15) is 0 Å². The molecule has 0 aliphatic carbocycles. The fourth-order valence-corrected chi connectivity index (χ4v) is 16.1. The lowest BCUT2D eigenvalue weighted by molar-refractivity contribution is 1.17. The highest BCUT2D eigenvalue weighted by atomic mass is 28.3. The van der Waals surface area contributed by atoms with Crippen molar-refractivity contribution in [3.05, 3.63) is 279 Å². The zero-order valence-electron chi connectivity index (χ0n) is 38.0. The van der Waals surface area contributed by atoms with Crippen molar-refractivity contribution in [1.29, 1.82) is 0 Å². The van der Waals surface area contributed by atoms with E-state index in [1.165, 1.54) is 97.7 Å². The number of para-hydroxylation sites is 2. The molecule has 0 unspecified atom stereocenters. The maximum Gasteiger partial charge on any atom is 0.179 e. The third-order valence-corrected chi connectivity index (χ3v) is 19.0. The summed E-state index contributed by atoms with van der Waals surface area (Å²) >= 11 is 0. The predicted molar refractivity (Wildman–Crippen MR) is 295 cm³/mol. The van der Waals surface area contributed by atoms with Gasteiger partial charge >= 0.3 is 0 Å². The average Bonchev–Trinajstić information content (AvgIpc) is 3.95. The van der Waals surface area contributed by atoms with Gasteiger partial charge in [0.2, 0.25) is 0 Å². The molecule has 2 aromatic heterocycles. The first-order chi connectivity index (χ1) is 34.2. The minimum absolute atomic E-state index is 1.14. The normalized spacial score (nSPS) is 11.8. The highest BCUT2D eigenvalue weighted by Gasteiger charge is 2.42. The van der Waals surface area contributed by atoms with Gasteiger partial charge in [0.1, 0.15) is 0 Å². The summed E-state index contributed by atoms with van der Waals surface area (Å²) in [7, 11) is -3.05. The lowest BCUT2D eigenvalue weighted by atomic mass is 9.99. The van der Waals surface area contributed by atoms with E-state index in [1.54, 1.807) is 0 Å². The second-order valence-electron chi connectivity index (χ2n) is 18.0. The van der Waals surface area contributed by atoms with Crippen LogP contribution in [0.2, 0.25) is 0 Å². The third-order valence-electron chi connectivity index (χ3n) is 14.2. The van der Waals surface area contributed by atoms with Crippen LogP contribution < -0.4 is 20.7 Å². The largest absolute Gasteiger partial charge is 0.309 e. The molecule has 0 amide bonds. The minimum atomic E-state index is -3.05. The minimum Gasteiger partial charge on any atom is -0.309 e. The molecule has 0 atom stereocenters. The highest BCUT2D eigenvalue weighted by molar-refractivity contribution is 7.20. The lowest BCUT2D eigenvalue weighted by Gasteiger charge is -2.35. The molecule has 0 aliphatic heterocycles. The molecule has 3 heteroatoms. The molecule has 2 heterocycles. The molecule has 13 rings (SSSR count). The second kappa shape index (κ2) is 16.8. The van der Waals surface area contributed by atoms with Crippen molar-refractivity contribution >= 4 is 72.4 Å². The number of hydrogen-bond donors (Lipinski definition) is 0. The van der Waals surface area contributed by atoms with E-state index in [9.17, 15) is 0 Å². The van der Waals surface area contributed by atoms with Crippen molar-refractivity contribution in [1.82, 2.24) is 9.13 Å². The smallest absolute Gasteiger partial charge is 0.179 e. The highest BCUT2D eigenvalue weighted by Crippen LogP contribution is 2.40. The standard InChI is InChI=1S/C66H46N2Si/c1-5-21-47(22-6-1)50-27-17-32-55(43-50)69(54-30-11-4-12-31-54,56-33-18-28-51(44-56)48-23-7-2-8-24-48)57-34-19-29-52(45-57)67-62-38-15-13-35-59(62)61-46-53(41-42-64(61)67)68-63-39-16-14-36-60(63)66-58(37-20-40-65(66)68)49-25-9-3-10-26-49/h1-46H. The van der Waals surface area contributed by atoms with E-state index < -0.39 is 8.07 Å². The molecule has 69 heavy (non-hydrogen) atoms. The van der Waals surface area contributed by atoms with Crippen LogP contribution in [0.3, 0.4) is 0 Å². The molecule has 0 aliphatic rings. The molecule has 0 bridgehead atoms. The van der Waals surface area contributed by atoms with Gasteiger partial charge in [-0.3, -0.25) is 0 Å². The van der Waals surface area contributed by atoms with Gasteiger partial charge in [0.25, 0.3) is 0 Å². The maximum absolute atomic E-state index is 3.05. The molecule has 0 N–H and O–H groups in total. The Hall–Kier alpha value is -8.76. The van der Waals surface area contributed by atoms with Crippen LogP contribution in [-0.2, 0) is 0 Å². The van der Waals surface area contributed by atoms with Crippen molar-refractivity contribution in [3.63, 3.8) is 0 Å². The summed E-state index contributed by atoms with van der Waals surface area (Å²) in [5.74, 6) is 0. The van der Waals surface area contributed by atoms with E-state index in [2.05, 4.69) is 288 Å². The summed E-state index contributed by atoms with van der Waals surface area (Å²) < 4.78 is 4.94. The van der Waals surface area contributed by atoms with Crippen LogP contribution >= 0.6 is 0 Å². The zero-order chi connectivity index (χ0) is 45.7. The number of fused-ring (bicyclic) bond motifs is 6. The van der Waals surface area contributed by atoms with Crippen molar-refractivity contribution < 1.29 is 0 Å². The summed E-state index contributed by atoms with van der Waals surface area (Å²) in [5, 5.41) is 10.3. The van der Waals surface area contributed by atoms with Crippen molar-refractivity contribution in [2.24, 2.45) is 0 Å². The zero-order valence-corrected chi connectivity index (χ0v) is 39.0. The van der Waals surface area contributed by atoms with Crippen LogP contribution in [0.4, 0.5) is 0 Å². The first kappa shape index (κ1) is 40.5. The predicted octanol–water partition coefficient (Wildman–Crippen LogP) is 14.3. The number of benzene rings is 11. The molecule has 11 aromatic carbocycles. The van der Waals surface area contributed by atoms with Gasteiger partial charge in [0.15, 0.2) is 8.07 Å². The van der Waals surface area contributed by atoms with Crippen molar-refractivity contribution in [2.75, 3.05) is 0 Å². The summed E-state index contributed by atoms with van der Waals surface area (Å²) in [5.41, 5.74) is 14.4. The lowest BCUT2D eigenvalue weighted by Crippen LogP contribution is -2.74. The van der Waals surface area contributed by atoms with Crippen LogP contribution in [0, 0.1) is 0 Å². The summed E-state index contributed by atoms with van der Waals surface area (Å²) in [6, 6.07) is 103. The van der Waals surface area contributed by atoms with Gasteiger partial charge in [-0.25, -0.2) is 0 Å². The molecule has 0 radical (unpaired) electrons. The molecule has 0 spiro atoms. The molecule has 2 nitrogen and oxygen atoms in total. The first-order valence-electron chi connectivity index (χ1n) is 23.8. The Morgan fingerprint density at radius 3 is 1.29 bits per heavy atom. The van der Waals surface area contributed by atoms with E-state index >= 15 is 0 Å². The van der Waals surface area contributed by atoms with Gasteiger partial charge in [0.05, 0.1) is 22.1 Å². The topological polar surface area (TPSA) is 9.86 Å². The fraction of sp³-hybridized carbons (Fsp3) is 0. The Labute approximate surface area is 403 Å². The number of rotatable bonds is 9. The summed E-state index contributed by atoms with van der Waals surface area (Å²) in [6.07, 6.45) is 0. The fourth-order valence-electron chi connectivity index (χ4n) is 11.2. The van der Waals surface area contributed by atoms with Gasteiger partial charge in [-0.15, -0.1) is 0 Å². The number of aromatic nitrogens is 2. The first-order valence-corrected chi connectivity index (χ1v) is 25.8. The molecule has 13 aromatic rings. The number of hydrogen-bond acceptors (Lipinski definition) is 0.